The number of benzene rings is 2. The highest BCUT2D eigenvalue weighted by Gasteiger charge is 2.25. The van der Waals surface area contributed by atoms with Crippen LogP contribution in [-0.2, 0) is 16.4 Å². The van der Waals surface area contributed by atoms with Crippen LogP contribution in [0.4, 0.5) is 0 Å². The van der Waals surface area contributed by atoms with E-state index < -0.39 is 10.0 Å². The summed E-state index contributed by atoms with van der Waals surface area (Å²) < 4.78 is 28.9. The zero-order chi connectivity index (χ0) is 14.9. The maximum Gasteiger partial charge on any atom is 0.241 e. The molecule has 0 heterocycles. The van der Waals surface area contributed by atoms with Crippen molar-refractivity contribution in [3.63, 3.8) is 0 Å². The minimum atomic E-state index is -3.47. The van der Waals surface area contributed by atoms with Gasteiger partial charge in [0.1, 0.15) is 0 Å². The number of hydrogen-bond donors (Lipinski definition) is 1. The van der Waals surface area contributed by atoms with Gasteiger partial charge in [-0.1, -0.05) is 24.3 Å². The Bertz CT molecular complexity index is 741. The minimum Gasteiger partial charge on any atom is -0.207 e. The molecule has 21 heavy (non-hydrogen) atoms. The summed E-state index contributed by atoms with van der Waals surface area (Å²) in [4.78, 5) is 0.325. The van der Waals surface area contributed by atoms with Gasteiger partial charge in [-0.3, -0.25) is 0 Å². The Kier molecular flexibility index (Phi) is 4.33. The topological polar surface area (TPSA) is 46.2 Å². The third-order valence-electron chi connectivity index (χ3n) is 3.79. The maximum atomic E-state index is 12.5. The molecule has 1 N–H and O–H groups in total. The first-order valence-electron chi connectivity index (χ1n) is 6.92. The van der Waals surface area contributed by atoms with Gasteiger partial charge in [0.15, 0.2) is 0 Å². The third-order valence-corrected chi connectivity index (χ3v) is 6.00. The Labute approximate surface area is 139 Å². The average Bonchev–Trinajstić information content (AvgIpc) is 2.48. The predicted molar refractivity (Wildman–Crippen MR) is 91.6 cm³/mol. The Balaban J connectivity index is 1.88. The molecule has 0 saturated heterocycles. The van der Waals surface area contributed by atoms with Crippen molar-refractivity contribution >= 4 is 32.6 Å². The van der Waals surface area contributed by atoms with Gasteiger partial charge in [0.25, 0.3) is 0 Å². The second-order valence-electron chi connectivity index (χ2n) is 5.22. The standard InChI is InChI=1S/C16H16INO2S/c17-13-8-10-14(11-9-13)21(19,20)18-16-7-3-5-12-4-1-2-6-15(12)16/h1-2,4,6,8-11,16,18H,3,5,7H2. The van der Waals surface area contributed by atoms with Gasteiger partial charge < -0.3 is 0 Å². The molecule has 0 fully saturated rings. The van der Waals surface area contributed by atoms with E-state index in [0.717, 1.165) is 28.4 Å². The van der Waals surface area contributed by atoms with Crippen molar-refractivity contribution in [3.05, 3.63) is 63.2 Å². The van der Waals surface area contributed by atoms with Crippen molar-refractivity contribution < 1.29 is 8.42 Å². The molecular formula is C16H16INO2S. The Hall–Kier alpha value is -0.920. The van der Waals surface area contributed by atoms with E-state index in [1.165, 1.54) is 5.56 Å². The van der Waals surface area contributed by atoms with Crippen molar-refractivity contribution in [2.24, 2.45) is 0 Å². The van der Waals surface area contributed by atoms with Crippen LogP contribution in [0.5, 0.6) is 0 Å². The second kappa shape index (κ2) is 6.06. The molecule has 3 nitrogen and oxygen atoms in total. The number of halogens is 1. The van der Waals surface area contributed by atoms with Crippen molar-refractivity contribution in [3.8, 4) is 0 Å². The normalized spacial score (nSPS) is 18.2. The summed E-state index contributed by atoms with van der Waals surface area (Å²) in [7, 11) is -3.47. The maximum absolute atomic E-state index is 12.5. The molecule has 3 rings (SSSR count). The number of hydrogen-bond acceptors (Lipinski definition) is 2. The monoisotopic (exact) mass is 413 g/mol. The number of nitrogens with one attached hydrogen (secondary N) is 1. The van der Waals surface area contributed by atoms with Crippen LogP contribution in [-0.4, -0.2) is 8.42 Å². The van der Waals surface area contributed by atoms with Gasteiger partial charge in [-0.15, -0.1) is 0 Å². The molecular weight excluding hydrogens is 397 g/mol. The summed E-state index contributed by atoms with van der Waals surface area (Å²) in [5.74, 6) is 0. The molecule has 0 amide bonds. The summed E-state index contributed by atoms with van der Waals surface area (Å²) in [6.45, 7) is 0. The predicted octanol–water partition coefficient (Wildman–Crippen LogP) is 3.65. The Morgan fingerprint density at radius 3 is 2.52 bits per heavy atom. The molecule has 0 aliphatic heterocycles. The second-order valence-corrected chi connectivity index (χ2v) is 8.18. The van der Waals surface area contributed by atoms with Crippen molar-refractivity contribution in [1.29, 1.82) is 0 Å². The highest BCUT2D eigenvalue weighted by atomic mass is 127. The smallest absolute Gasteiger partial charge is 0.207 e. The lowest BCUT2D eigenvalue weighted by atomic mass is 9.88. The Morgan fingerprint density at radius 1 is 1.05 bits per heavy atom. The number of sulfonamides is 1. The summed E-state index contributed by atoms with van der Waals surface area (Å²) in [5.41, 5.74) is 2.36. The minimum absolute atomic E-state index is 0.126. The molecule has 0 aromatic heterocycles. The highest BCUT2D eigenvalue weighted by Crippen LogP contribution is 2.30. The average molecular weight is 413 g/mol. The van der Waals surface area contributed by atoms with Gasteiger partial charge in [-0.05, 0) is 77.2 Å². The third kappa shape index (κ3) is 3.30. The number of fused-ring (bicyclic) bond motifs is 1. The molecule has 2 aromatic carbocycles. The molecule has 2 aromatic rings. The van der Waals surface area contributed by atoms with Crippen LogP contribution < -0.4 is 4.72 Å². The molecule has 110 valence electrons. The van der Waals surface area contributed by atoms with E-state index in [2.05, 4.69) is 33.4 Å². The van der Waals surface area contributed by atoms with Crippen molar-refractivity contribution in [2.75, 3.05) is 0 Å². The van der Waals surface area contributed by atoms with E-state index in [0.29, 0.717) is 4.90 Å². The van der Waals surface area contributed by atoms with Gasteiger partial charge in [0, 0.05) is 9.61 Å². The fourth-order valence-corrected chi connectivity index (χ4v) is 4.35. The van der Waals surface area contributed by atoms with E-state index in [4.69, 9.17) is 0 Å². The van der Waals surface area contributed by atoms with Gasteiger partial charge in [-0.25, -0.2) is 13.1 Å². The lowest BCUT2D eigenvalue weighted by Gasteiger charge is -2.26. The first kappa shape index (κ1) is 15.0. The van der Waals surface area contributed by atoms with Crippen molar-refractivity contribution in [2.45, 2.75) is 30.2 Å². The molecule has 1 unspecified atom stereocenters. The summed E-state index contributed by atoms with van der Waals surface area (Å²) in [6.07, 6.45) is 2.88. The van der Waals surface area contributed by atoms with Gasteiger partial charge in [0.2, 0.25) is 10.0 Å². The van der Waals surface area contributed by atoms with Crippen LogP contribution in [0.2, 0.25) is 0 Å². The summed E-state index contributed by atoms with van der Waals surface area (Å²) >= 11 is 2.17. The molecule has 1 aliphatic carbocycles. The van der Waals surface area contributed by atoms with Crippen molar-refractivity contribution in [1.82, 2.24) is 4.72 Å². The highest BCUT2D eigenvalue weighted by molar-refractivity contribution is 14.1. The van der Waals surface area contributed by atoms with Gasteiger partial charge in [0.05, 0.1) is 4.90 Å². The number of rotatable bonds is 3. The molecule has 0 spiro atoms. The van der Waals surface area contributed by atoms with Crippen LogP contribution >= 0.6 is 22.6 Å². The number of aryl methyl sites for hydroxylation is 1. The first-order valence-corrected chi connectivity index (χ1v) is 9.48. The van der Waals surface area contributed by atoms with E-state index in [-0.39, 0.29) is 6.04 Å². The lowest BCUT2D eigenvalue weighted by molar-refractivity contribution is 0.507. The molecule has 0 saturated carbocycles. The van der Waals surface area contributed by atoms with Crippen LogP contribution in [0.3, 0.4) is 0 Å². The van der Waals surface area contributed by atoms with Crippen LogP contribution in [0, 0.1) is 3.57 Å². The molecule has 0 bridgehead atoms. The summed E-state index contributed by atoms with van der Waals surface area (Å²) in [5, 5.41) is 0. The lowest BCUT2D eigenvalue weighted by Crippen LogP contribution is -2.31. The zero-order valence-corrected chi connectivity index (χ0v) is 14.4. The molecule has 1 atom stereocenters. The van der Waals surface area contributed by atoms with E-state index >= 15 is 0 Å². The van der Waals surface area contributed by atoms with E-state index in [1.54, 1.807) is 12.1 Å². The van der Waals surface area contributed by atoms with E-state index in [9.17, 15) is 8.42 Å². The van der Waals surface area contributed by atoms with Crippen LogP contribution in [0.15, 0.2) is 53.4 Å². The molecule has 0 radical (unpaired) electrons. The van der Waals surface area contributed by atoms with Crippen LogP contribution in [0.25, 0.3) is 0 Å². The van der Waals surface area contributed by atoms with Gasteiger partial charge in [-0.2, -0.15) is 0 Å². The zero-order valence-electron chi connectivity index (χ0n) is 11.4. The summed E-state index contributed by atoms with van der Waals surface area (Å²) in [6, 6.07) is 14.9. The SMILES string of the molecule is O=S(=O)(NC1CCCc2ccccc21)c1ccc(I)cc1. The fourth-order valence-electron chi connectivity index (χ4n) is 2.75. The van der Waals surface area contributed by atoms with Gasteiger partial charge >= 0.3 is 0 Å². The van der Waals surface area contributed by atoms with E-state index in [1.807, 2.05) is 30.3 Å². The fraction of sp³-hybridized carbons (Fsp3) is 0.250. The first-order chi connectivity index (χ1) is 10.1. The molecule has 1 aliphatic rings. The quantitative estimate of drug-likeness (QED) is 0.782. The largest absolute Gasteiger partial charge is 0.241 e. The Morgan fingerprint density at radius 2 is 1.76 bits per heavy atom. The van der Waals surface area contributed by atoms with Crippen LogP contribution in [0.1, 0.15) is 30.0 Å². The molecule has 5 heteroatoms.